The molecule has 0 unspecified atom stereocenters. The average molecular weight is 305 g/mol. The van der Waals surface area contributed by atoms with E-state index < -0.39 is 11.7 Å². The molecule has 4 aromatic rings. The van der Waals surface area contributed by atoms with E-state index in [2.05, 4.69) is 5.32 Å². The minimum Gasteiger partial charge on any atom is -0.456 e. The minimum atomic E-state index is -0.542. The van der Waals surface area contributed by atoms with Gasteiger partial charge in [-0.1, -0.05) is 30.3 Å². The third kappa shape index (κ3) is 2.34. The molecule has 0 aliphatic rings. The summed E-state index contributed by atoms with van der Waals surface area (Å²) in [5, 5.41) is 4.61. The molecular weight excluding hydrogens is 293 g/mol. The van der Waals surface area contributed by atoms with Crippen molar-refractivity contribution in [2.24, 2.45) is 0 Å². The molecule has 4 rings (SSSR count). The molecule has 0 saturated heterocycles. The maximum Gasteiger partial charge on any atom is 0.258 e. The second-order valence-electron chi connectivity index (χ2n) is 5.24. The second-order valence-corrected chi connectivity index (χ2v) is 5.24. The van der Waals surface area contributed by atoms with Crippen LogP contribution in [0.25, 0.3) is 21.9 Å². The number of amides is 1. The average Bonchev–Trinajstić information content (AvgIpc) is 2.93. The predicted molar refractivity (Wildman–Crippen MR) is 88.1 cm³/mol. The number of halogens is 1. The lowest BCUT2D eigenvalue weighted by Crippen LogP contribution is -2.13. The fourth-order valence-electron chi connectivity index (χ4n) is 2.65. The van der Waals surface area contributed by atoms with Gasteiger partial charge in [-0.15, -0.1) is 0 Å². The van der Waals surface area contributed by atoms with Crippen LogP contribution in [-0.4, -0.2) is 5.91 Å². The Morgan fingerprint density at radius 1 is 0.870 bits per heavy atom. The molecule has 0 saturated carbocycles. The summed E-state index contributed by atoms with van der Waals surface area (Å²) in [7, 11) is 0. The molecule has 23 heavy (non-hydrogen) atoms. The van der Waals surface area contributed by atoms with Gasteiger partial charge in [0.05, 0.1) is 5.56 Å². The first-order valence-electron chi connectivity index (χ1n) is 7.19. The van der Waals surface area contributed by atoms with E-state index >= 15 is 0 Å². The van der Waals surface area contributed by atoms with Crippen molar-refractivity contribution in [1.29, 1.82) is 0 Å². The van der Waals surface area contributed by atoms with Crippen molar-refractivity contribution in [2.45, 2.75) is 0 Å². The molecule has 0 bridgehead atoms. The smallest absolute Gasteiger partial charge is 0.258 e. The van der Waals surface area contributed by atoms with Gasteiger partial charge in [0, 0.05) is 16.5 Å². The lowest BCUT2D eigenvalue weighted by atomic mass is 10.1. The van der Waals surface area contributed by atoms with E-state index in [4.69, 9.17) is 4.42 Å². The Morgan fingerprint density at radius 2 is 1.61 bits per heavy atom. The summed E-state index contributed by atoms with van der Waals surface area (Å²) in [5.41, 5.74) is 2.15. The Morgan fingerprint density at radius 3 is 2.48 bits per heavy atom. The number of para-hydroxylation sites is 1. The van der Waals surface area contributed by atoms with Crippen molar-refractivity contribution in [1.82, 2.24) is 0 Å². The molecule has 3 aromatic carbocycles. The molecule has 1 amide bonds. The lowest BCUT2D eigenvalue weighted by molar-refractivity contribution is 0.102. The second kappa shape index (κ2) is 5.25. The first-order chi connectivity index (χ1) is 11.2. The first kappa shape index (κ1) is 13.5. The highest BCUT2D eigenvalue weighted by molar-refractivity contribution is 6.09. The zero-order chi connectivity index (χ0) is 15.8. The molecule has 0 radical (unpaired) electrons. The molecule has 1 heterocycles. The van der Waals surface area contributed by atoms with Crippen LogP contribution in [0.5, 0.6) is 0 Å². The van der Waals surface area contributed by atoms with Crippen LogP contribution in [0.4, 0.5) is 10.1 Å². The van der Waals surface area contributed by atoms with Crippen molar-refractivity contribution in [3.8, 4) is 0 Å². The number of carbonyl (C=O) groups excluding carboxylic acids is 1. The standard InChI is InChI=1S/C19H12FNO2/c20-16-7-3-1-6-14(16)19(22)21-12-9-10-18-15(11-12)13-5-2-4-8-17(13)23-18/h1-11H,(H,21,22). The van der Waals surface area contributed by atoms with Crippen LogP contribution in [-0.2, 0) is 0 Å². The van der Waals surface area contributed by atoms with Crippen LogP contribution in [0.3, 0.4) is 0 Å². The van der Waals surface area contributed by atoms with Crippen LogP contribution >= 0.6 is 0 Å². The summed E-state index contributed by atoms with van der Waals surface area (Å²) in [6.45, 7) is 0. The molecule has 1 N–H and O–H groups in total. The topological polar surface area (TPSA) is 42.2 Å². The zero-order valence-corrected chi connectivity index (χ0v) is 12.0. The number of fused-ring (bicyclic) bond motifs is 3. The highest BCUT2D eigenvalue weighted by atomic mass is 19.1. The van der Waals surface area contributed by atoms with Crippen LogP contribution in [0.1, 0.15) is 10.4 Å². The van der Waals surface area contributed by atoms with Crippen LogP contribution in [0.15, 0.2) is 71.1 Å². The SMILES string of the molecule is O=C(Nc1ccc2oc3ccccc3c2c1)c1ccccc1F. The summed E-state index contributed by atoms with van der Waals surface area (Å²) >= 11 is 0. The largest absolute Gasteiger partial charge is 0.456 e. The summed E-state index contributed by atoms with van der Waals surface area (Å²) in [6, 6.07) is 19.0. The molecule has 0 fully saturated rings. The van der Waals surface area contributed by atoms with Gasteiger partial charge in [0.1, 0.15) is 17.0 Å². The van der Waals surface area contributed by atoms with E-state index in [-0.39, 0.29) is 5.56 Å². The number of rotatable bonds is 2. The van der Waals surface area contributed by atoms with Crippen molar-refractivity contribution >= 4 is 33.5 Å². The predicted octanol–water partition coefficient (Wildman–Crippen LogP) is 4.98. The number of benzene rings is 3. The number of hydrogen-bond acceptors (Lipinski definition) is 2. The molecule has 3 nitrogen and oxygen atoms in total. The Bertz CT molecular complexity index is 1040. The van der Waals surface area contributed by atoms with Gasteiger partial charge in [0.15, 0.2) is 0 Å². The van der Waals surface area contributed by atoms with Crippen molar-refractivity contribution in [3.05, 3.63) is 78.1 Å². The Balaban J connectivity index is 1.73. The monoisotopic (exact) mass is 305 g/mol. The van der Waals surface area contributed by atoms with Gasteiger partial charge in [-0.05, 0) is 36.4 Å². The fraction of sp³-hybridized carbons (Fsp3) is 0. The van der Waals surface area contributed by atoms with Crippen LogP contribution in [0, 0.1) is 5.82 Å². The summed E-state index contributed by atoms with van der Waals surface area (Å²) in [4.78, 5) is 12.2. The van der Waals surface area contributed by atoms with Gasteiger partial charge in [-0.2, -0.15) is 0 Å². The Hall–Kier alpha value is -3.14. The number of hydrogen-bond donors (Lipinski definition) is 1. The maximum absolute atomic E-state index is 13.7. The summed E-state index contributed by atoms with van der Waals surface area (Å²) < 4.78 is 19.4. The third-order valence-electron chi connectivity index (χ3n) is 3.75. The molecule has 0 aliphatic heterocycles. The van der Waals surface area contributed by atoms with Crippen molar-refractivity contribution in [2.75, 3.05) is 5.32 Å². The van der Waals surface area contributed by atoms with E-state index in [1.54, 1.807) is 24.3 Å². The highest BCUT2D eigenvalue weighted by Gasteiger charge is 2.12. The van der Waals surface area contributed by atoms with Gasteiger partial charge in [-0.3, -0.25) is 4.79 Å². The molecule has 0 spiro atoms. The Labute approximate surface area is 131 Å². The molecule has 0 atom stereocenters. The zero-order valence-electron chi connectivity index (χ0n) is 12.0. The minimum absolute atomic E-state index is 0.0182. The molecule has 112 valence electrons. The van der Waals surface area contributed by atoms with Crippen LogP contribution < -0.4 is 5.32 Å². The Kier molecular flexibility index (Phi) is 3.08. The molecule has 4 heteroatoms. The van der Waals surface area contributed by atoms with E-state index in [0.717, 1.165) is 21.9 Å². The molecule has 1 aromatic heterocycles. The van der Waals surface area contributed by atoms with Crippen LogP contribution in [0.2, 0.25) is 0 Å². The molecule has 0 aliphatic carbocycles. The lowest BCUT2D eigenvalue weighted by Gasteiger charge is -2.06. The van der Waals surface area contributed by atoms with Gasteiger partial charge in [0.25, 0.3) is 5.91 Å². The number of nitrogens with one attached hydrogen (secondary N) is 1. The van der Waals surface area contributed by atoms with E-state index in [1.807, 2.05) is 30.3 Å². The van der Waals surface area contributed by atoms with Gasteiger partial charge in [0.2, 0.25) is 0 Å². The van der Waals surface area contributed by atoms with E-state index in [0.29, 0.717) is 5.69 Å². The van der Waals surface area contributed by atoms with Gasteiger partial charge < -0.3 is 9.73 Å². The summed E-state index contributed by atoms with van der Waals surface area (Å²) in [5.74, 6) is -1.02. The first-order valence-corrected chi connectivity index (χ1v) is 7.19. The van der Waals surface area contributed by atoms with E-state index in [1.165, 1.54) is 12.1 Å². The summed E-state index contributed by atoms with van der Waals surface area (Å²) in [6.07, 6.45) is 0. The quantitative estimate of drug-likeness (QED) is 0.567. The van der Waals surface area contributed by atoms with Gasteiger partial charge >= 0.3 is 0 Å². The number of carbonyl (C=O) groups is 1. The number of furan rings is 1. The maximum atomic E-state index is 13.7. The third-order valence-corrected chi connectivity index (χ3v) is 3.75. The normalized spacial score (nSPS) is 11.0. The molecular formula is C19H12FNO2. The van der Waals surface area contributed by atoms with Gasteiger partial charge in [-0.25, -0.2) is 4.39 Å². The highest BCUT2D eigenvalue weighted by Crippen LogP contribution is 2.30. The van der Waals surface area contributed by atoms with Crippen molar-refractivity contribution in [3.63, 3.8) is 0 Å². The van der Waals surface area contributed by atoms with Crippen molar-refractivity contribution < 1.29 is 13.6 Å². The fourth-order valence-corrected chi connectivity index (χ4v) is 2.65. The van der Waals surface area contributed by atoms with E-state index in [9.17, 15) is 9.18 Å². The number of anilines is 1.